The molecule has 5 heteroatoms. The van der Waals surface area contributed by atoms with E-state index < -0.39 is 0 Å². The average molecular weight is 270 g/mol. The van der Waals surface area contributed by atoms with Crippen LogP contribution in [-0.2, 0) is 11.2 Å². The van der Waals surface area contributed by atoms with Crippen molar-refractivity contribution in [3.05, 3.63) is 28.8 Å². The molecule has 0 spiro atoms. The number of carbonyl (C=O) groups is 1. The van der Waals surface area contributed by atoms with Gasteiger partial charge in [0, 0.05) is 30.6 Å². The van der Waals surface area contributed by atoms with E-state index in [0.717, 1.165) is 6.42 Å². The normalized spacial score (nSPS) is 19.2. The number of rotatable bonds is 3. The maximum absolute atomic E-state index is 12.0. The number of hydrogen-bond donors (Lipinski definition) is 2. The van der Waals surface area contributed by atoms with Gasteiger partial charge in [-0.3, -0.25) is 4.79 Å². The Kier molecular flexibility index (Phi) is 4.09. The topological polar surface area (TPSA) is 60.8 Å². The maximum atomic E-state index is 12.0. The molecule has 0 aliphatic carbocycles. The number of aliphatic hydroxyl groups is 1. The van der Waals surface area contributed by atoms with Gasteiger partial charge in [-0.2, -0.15) is 0 Å². The highest BCUT2D eigenvalue weighted by molar-refractivity contribution is 6.31. The second-order valence-corrected chi connectivity index (χ2v) is 5.04. The number of hydrogen-bond acceptors (Lipinski definition) is 3. The van der Waals surface area contributed by atoms with Gasteiger partial charge in [-0.1, -0.05) is 17.7 Å². The Morgan fingerprint density at radius 3 is 2.89 bits per heavy atom. The van der Waals surface area contributed by atoms with Gasteiger partial charge in [0.15, 0.2) is 0 Å². The lowest BCUT2D eigenvalue weighted by atomic mass is 10.1. The molecule has 2 rings (SSSR count). The summed E-state index contributed by atoms with van der Waals surface area (Å²) >= 11 is 5.97. The Hall–Kier alpha value is -1.26. The molecule has 98 valence electrons. The average Bonchev–Trinajstić information content (AvgIpc) is 2.81. The van der Waals surface area contributed by atoms with Crippen LogP contribution >= 0.6 is 11.6 Å². The van der Waals surface area contributed by atoms with Crippen molar-refractivity contribution < 1.29 is 15.0 Å². The van der Waals surface area contributed by atoms with Crippen molar-refractivity contribution in [1.29, 1.82) is 0 Å². The molecule has 4 nitrogen and oxygen atoms in total. The molecular formula is C13H16ClNO3. The van der Waals surface area contributed by atoms with Crippen molar-refractivity contribution in [2.45, 2.75) is 12.8 Å². The van der Waals surface area contributed by atoms with E-state index in [9.17, 15) is 9.90 Å². The summed E-state index contributed by atoms with van der Waals surface area (Å²) in [5, 5.41) is 18.7. The zero-order chi connectivity index (χ0) is 13.1. The van der Waals surface area contributed by atoms with E-state index in [0.29, 0.717) is 23.7 Å². The molecule has 1 aromatic rings. The van der Waals surface area contributed by atoms with E-state index in [1.165, 1.54) is 12.1 Å². The highest BCUT2D eigenvalue weighted by Crippen LogP contribution is 2.23. The number of nitrogens with zero attached hydrogens (tertiary/aromatic N) is 1. The van der Waals surface area contributed by atoms with Gasteiger partial charge in [0.25, 0.3) is 0 Å². The van der Waals surface area contributed by atoms with Crippen molar-refractivity contribution in [3.8, 4) is 5.75 Å². The number of likely N-dealkylation sites (tertiary alicyclic amines) is 1. The first-order valence-corrected chi connectivity index (χ1v) is 6.34. The second kappa shape index (κ2) is 5.59. The van der Waals surface area contributed by atoms with Crippen molar-refractivity contribution in [3.63, 3.8) is 0 Å². The largest absolute Gasteiger partial charge is 0.508 e. The van der Waals surface area contributed by atoms with Gasteiger partial charge >= 0.3 is 0 Å². The van der Waals surface area contributed by atoms with Gasteiger partial charge in [-0.25, -0.2) is 0 Å². The molecule has 0 bridgehead atoms. The maximum Gasteiger partial charge on any atom is 0.227 e. The van der Waals surface area contributed by atoms with Crippen LogP contribution in [0.1, 0.15) is 12.0 Å². The fourth-order valence-electron chi connectivity index (χ4n) is 2.16. The van der Waals surface area contributed by atoms with Crippen LogP contribution in [0.15, 0.2) is 18.2 Å². The van der Waals surface area contributed by atoms with Gasteiger partial charge in [-0.05, 0) is 24.1 Å². The third-order valence-electron chi connectivity index (χ3n) is 3.28. The van der Waals surface area contributed by atoms with Crippen LogP contribution in [0.2, 0.25) is 5.02 Å². The molecule has 1 unspecified atom stereocenters. The SMILES string of the molecule is O=C(Cc1ccc(O)cc1Cl)N1CCC(CO)C1. The van der Waals surface area contributed by atoms with E-state index in [1.54, 1.807) is 11.0 Å². The Morgan fingerprint density at radius 2 is 2.28 bits per heavy atom. The lowest BCUT2D eigenvalue weighted by Gasteiger charge is -2.16. The molecule has 1 atom stereocenters. The zero-order valence-corrected chi connectivity index (χ0v) is 10.7. The minimum Gasteiger partial charge on any atom is -0.508 e. The quantitative estimate of drug-likeness (QED) is 0.873. The van der Waals surface area contributed by atoms with Gasteiger partial charge < -0.3 is 15.1 Å². The van der Waals surface area contributed by atoms with E-state index in [1.807, 2.05) is 0 Å². The van der Waals surface area contributed by atoms with Crippen LogP contribution in [0.25, 0.3) is 0 Å². The van der Waals surface area contributed by atoms with Crippen LogP contribution in [0, 0.1) is 5.92 Å². The van der Waals surface area contributed by atoms with Crippen molar-refractivity contribution >= 4 is 17.5 Å². The fourth-order valence-corrected chi connectivity index (χ4v) is 2.40. The molecule has 1 saturated heterocycles. The van der Waals surface area contributed by atoms with Crippen molar-refractivity contribution in [2.24, 2.45) is 5.92 Å². The van der Waals surface area contributed by atoms with E-state index in [2.05, 4.69) is 0 Å². The standard InChI is InChI=1S/C13H16ClNO3/c14-12-6-11(17)2-1-10(12)5-13(18)15-4-3-9(7-15)8-16/h1-2,6,9,16-17H,3-5,7-8H2. The van der Waals surface area contributed by atoms with Gasteiger partial charge in [0.2, 0.25) is 5.91 Å². The Morgan fingerprint density at radius 1 is 1.50 bits per heavy atom. The molecule has 1 heterocycles. The Balaban J connectivity index is 1.99. The van der Waals surface area contributed by atoms with E-state index >= 15 is 0 Å². The molecule has 2 N–H and O–H groups in total. The van der Waals surface area contributed by atoms with Crippen LogP contribution in [0.4, 0.5) is 0 Å². The van der Waals surface area contributed by atoms with Crippen molar-refractivity contribution in [2.75, 3.05) is 19.7 Å². The molecule has 1 fully saturated rings. The summed E-state index contributed by atoms with van der Waals surface area (Å²) in [4.78, 5) is 13.8. The Labute approximate surface area is 111 Å². The van der Waals surface area contributed by atoms with E-state index in [4.69, 9.17) is 16.7 Å². The van der Waals surface area contributed by atoms with Gasteiger partial charge in [0.1, 0.15) is 5.75 Å². The second-order valence-electron chi connectivity index (χ2n) is 4.63. The summed E-state index contributed by atoms with van der Waals surface area (Å²) in [5.74, 6) is 0.306. The van der Waals surface area contributed by atoms with Gasteiger partial charge in [0.05, 0.1) is 6.42 Å². The molecule has 0 radical (unpaired) electrons. The lowest BCUT2D eigenvalue weighted by molar-refractivity contribution is -0.129. The van der Waals surface area contributed by atoms with Crippen molar-refractivity contribution in [1.82, 2.24) is 4.90 Å². The highest BCUT2D eigenvalue weighted by Gasteiger charge is 2.25. The number of phenols is 1. The number of aliphatic hydroxyl groups excluding tert-OH is 1. The van der Waals surface area contributed by atoms with Crippen LogP contribution in [0.3, 0.4) is 0 Å². The number of benzene rings is 1. The smallest absolute Gasteiger partial charge is 0.227 e. The predicted molar refractivity (Wildman–Crippen MR) is 68.6 cm³/mol. The summed E-state index contributed by atoms with van der Waals surface area (Å²) < 4.78 is 0. The first-order valence-electron chi connectivity index (χ1n) is 5.96. The van der Waals surface area contributed by atoms with Crippen LogP contribution in [-0.4, -0.2) is 40.7 Å². The number of phenolic OH excluding ortho intramolecular Hbond substituents is 1. The number of amides is 1. The first-order chi connectivity index (χ1) is 8.60. The zero-order valence-electron chi connectivity index (χ0n) is 9.97. The first kappa shape index (κ1) is 13.2. The minimum atomic E-state index is 0.0125. The van der Waals surface area contributed by atoms with Crippen LogP contribution in [0.5, 0.6) is 5.75 Å². The molecule has 1 amide bonds. The summed E-state index contributed by atoms with van der Waals surface area (Å²) in [6.07, 6.45) is 1.09. The summed E-state index contributed by atoms with van der Waals surface area (Å²) in [6, 6.07) is 4.62. The third-order valence-corrected chi connectivity index (χ3v) is 3.63. The lowest BCUT2D eigenvalue weighted by Crippen LogP contribution is -2.30. The molecule has 18 heavy (non-hydrogen) atoms. The molecule has 1 aliphatic heterocycles. The Bertz CT molecular complexity index is 450. The number of halogens is 1. The molecule has 0 saturated carbocycles. The van der Waals surface area contributed by atoms with Crippen LogP contribution < -0.4 is 0 Å². The molecule has 1 aliphatic rings. The predicted octanol–water partition coefficient (Wildman–Crippen LogP) is 1.43. The van der Waals surface area contributed by atoms with Gasteiger partial charge in [-0.15, -0.1) is 0 Å². The summed E-state index contributed by atoms with van der Waals surface area (Å²) in [7, 11) is 0. The molecule has 0 aromatic heterocycles. The minimum absolute atomic E-state index is 0.0125. The third kappa shape index (κ3) is 2.94. The van der Waals surface area contributed by atoms with E-state index in [-0.39, 0.29) is 30.6 Å². The monoisotopic (exact) mass is 269 g/mol. The highest BCUT2D eigenvalue weighted by atomic mass is 35.5. The molecule has 1 aromatic carbocycles. The molecular weight excluding hydrogens is 254 g/mol. The summed E-state index contributed by atoms with van der Waals surface area (Å²) in [6.45, 7) is 1.44. The number of aromatic hydroxyl groups is 1. The number of carbonyl (C=O) groups excluding carboxylic acids is 1. The fraction of sp³-hybridized carbons (Fsp3) is 0.462. The summed E-state index contributed by atoms with van der Waals surface area (Å²) in [5.41, 5.74) is 0.715.